The second-order valence-electron chi connectivity index (χ2n) is 5.84. The van der Waals surface area contributed by atoms with Crippen molar-refractivity contribution in [2.24, 2.45) is 4.99 Å². The molecule has 0 radical (unpaired) electrons. The Morgan fingerprint density at radius 3 is 2.62 bits per heavy atom. The molecule has 0 aliphatic carbocycles. The molecule has 2 N–H and O–H groups in total. The topological polar surface area (TPSA) is 58.5 Å². The van der Waals surface area contributed by atoms with Crippen LogP contribution in [0.3, 0.4) is 0 Å². The number of guanidine groups is 1. The number of para-hydroxylation sites is 1. The van der Waals surface area contributed by atoms with Crippen molar-refractivity contribution in [1.29, 1.82) is 0 Å². The number of aryl methyl sites for hydroxylation is 3. The van der Waals surface area contributed by atoms with Gasteiger partial charge in [0.15, 0.2) is 5.96 Å². The van der Waals surface area contributed by atoms with Crippen LogP contribution in [0.1, 0.15) is 34.5 Å². The molecular weight excluding hydrogens is 459 g/mol. The lowest BCUT2D eigenvalue weighted by Crippen LogP contribution is -2.38. The Kier molecular flexibility index (Phi) is 10.6. The van der Waals surface area contributed by atoms with E-state index in [1.54, 1.807) is 11.3 Å². The summed E-state index contributed by atoms with van der Waals surface area (Å²) in [6.07, 6.45) is 0.911. The van der Waals surface area contributed by atoms with Gasteiger partial charge in [-0.3, -0.25) is 0 Å². The fourth-order valence-electron chi connectivity index (χ4n) is 2.27. The quantitative estimate of drug-likeness (QED) is 0.253. The Bertz CT molecular complexity index is 683. The molecule has 7 heteroatoms. The maximum Gasteiger partial charge on any atom is 0.191 e. The van der Waals surface area contributed by atoms with E-state index < -0.39 is 0 Å². The minimum absolute atomic E-state index is 0. The number of nitrogens with zero attached hydrogens (tertiary/aromatic N) is 2. The van der Waals surface area contributed by atoms with Crippen molar-refractivity contribution in [1.82, 2.24) is 15.6 Å². The fourth-order valence-corrected chi connectivity index (χ4v) is 3.13. The van der Waals surface area contributed by atoms with Crippen LogP contribution >= 0.6 is 35.3 Å². The van der Waals surface area contributed by atoms with Crippen molar-refractivity contribution < 1.29 is 4.74 Å². The van der Waals surface area contributed by atoms with Gasteiger partial charge >= 0.3 is 0 Å². The van der Waals surface area contributed by atoms with Gasteiger partial charge in [0, 0.05) is 18.0 Å². The summed E-state index contributed by atoms with van der Waals surface area (Å²) < 4.78 is 5.82. The van der Waals surface area contributed by atoms with Crippen LogP contribution in [0.25, 0.3) is 0 Å². The number of halogens is 1. The zero-order chi connectivity index (χ0) is 18.1. The van der Waals surface area contributed by atoms with Crippen LogP contribution in [-0.4, -0.2) is 30.6 Å². The summed E-state index contributed by atoms with van der Waals surface area (Å²) >= 11 is 1.71. The van der Waals surface area contributed by atoms with E-state index in [-0.39, 0.29) is 24.0 Å². The average molecular weight is 488 g/mol. The predicted molar refractivity (Wildman–Crippen MR) is 121 cm³/mol. The third-order valence-electron chi connectivity index (χ3n) is 3.75. The van der Waals surface area contributed by atoms with Gasteiger partial charge in [-0.15, -0.1) is 35.3 Å². The highest BCUT2D eigenvalue weighted by Crippen LogP contribution is 2.17. The summed E-state index contributed by atoms with van der Waals surface area (Å²) in [4.78, 5) is 10.4. The van der Waals surface area contributed by atoms with Crippen molar-refractivity contribution in [2.75, 3.05) is 19.7 Å². The number of ether oxygens (including phenoxy) is 1. The summed E-state index contributed by atoms with van der Waals surface area (Å²) in [5.41, 5.74) is 2.26. The first-order chi connectivity index (χ1) is 12.1. The van der Waals surface area contributed by atoms with E-state index in [4.69, 9.17) is 4.74 Å². The van der Waals surface area contributed by atoms with Crippen LogP contribution < -0.4 is 15.4 Å². The third kappa shape index (κ3) is 7.49. The van der Waals surface area contributed by atoms with Crippen LogP contribution in [0.15, 0.2) is 29.3 Å². The average Bonchev–Trinajstić information content (AvgIpc) is 2.92. The number of aromatic nitrogens is 1. The van der Waals surface area contributed by atoms with Gasteiger partial charge in [-0.2, -0.15) is 0 Å². The van der Waals surface area contributed by atoms with Gasteiger partial charge < -0.3 is 15.4 Å². The Morgan fingerprint density at radius 2 is 1.96 bits per heavy atom. The Hall–Kier alpha value is -1.35. The van der Waals surface area contributed by atoms with Crippen molar-refractivity contribution in [3.8, 4) is 5.75 Å². The number of nitrogens with one attached hydrogen (secondary N) is 2. The minimum Gasteiger partial charge on any atom is -0.493 e. The summed E-state index contributed by atoms with van der Waals surface area (Å²) in [5.74, 6) is 1.78. The summed E-state index contributed by atoms with van der Waals surface area (Å²) in [5, 5.41) is 7.67. The van der Waals surface area contributed by atoms with Crippen molar-refractivity contribution in [3.63, 3.8) is 0 Å². The first-order valence-corrected chi connectivity index (χ1v) is 9.55. The standard InChI is InChI=1S/C19H28N4OS.HI/c1-5-20-19(22-13-18-23-15(3)16(4)25-18)21-11-8-12-24-17-10-7-6-9-14(17)2;/h6-7,9-10H,5,8,11-13H2,1-4H3,(H2,20,21,22);1H. The van der Waals surface area contributed by atoms with E-state index in [9.17, 15) is 0 Å². The van der Waals surface area contributed by atoms with Gasteiger partial charge in [-0.05, 0) is 45.7 Å². The molecule has 0 saturated carbocycles. The van der Waals surface area contributed by atoms with E-state index in [2.05, 4.69) is 47.4 Å². The SMILES string of the molecule is CCNC(=NCc1nc(C)c(C)s1)NCCCOc1ccccc1C.I. The molecular formula is C19H29IN4OS. The van der Waals surface area contributed by atoms with Crippen molar-refractivity contribution >= 4 is 41.3 Å². The van der Waals surface area contributed by atoms with Crippen molar-refractivity contribution in [3.05, 3.63) is 45.4 Å². The fraction of sp³-hybridized carbons (Fsp3) is 0.474. The molecule has 1 heterocycles. The van der Waals surface area contributed by atoms with Crippen LogP contribution in [-0.2, 0) is 6.54 Å². The van der Waals surface area contributed by atoms with Crippen LogP contribution in [0, 0.1) is 20.8 Å². The number of thiazole rings is 1. The highest BCUT2D eigenvalue weighted by molar-refractivity contribution is 14.0. The number of hydrogen-bond acceptors (Lipinski definition) is 4. The Labute approximate surface area is 177 Å². The summed E-state index contributed by atoms with van der Waals surface area (Å²) in [7, 11) is 0. The Morgan fingerprint density at radius 1 is 1.19 bits per heavy atom. The lowest BCUT2D eigenvalue weighted by molar-refractivity contribution is 0.309. The van der Waals surface area contributed by atoms with Crippen LogP contribution in [0.2, 0.25) is 0 Å². The summed E-state index contributed by atoms with van der Waals surface area (Å²) in [6, 6.07) is 8.09. The molecule has 0 unspecified atom stereocenters. The molecule has 0 saturated heterocycles. The number of rotatable bonds is 8. The molecule has 2 aromatic rings. The molecule has 0 atom stereocenters. The van der Waals surface area contributed by atoms with Gasteiger partial charge in [-0.25, -0.2) is 9.98 Å². The molecule has 144 valence electrons. The Balaban J connectivity index is 0.00000338. The molecule has 5 nitrogen and oxygen atoms in total. The minimum atomic E-state index is 0. The molecule has 26 heavy (non-hydrogen) atoms. The molecule has 0 amide bonds. The van der Waals surface area contributed by atoms with E-state index in [0.29, 0.717) is 13.2 Å². The second kappa shape index (κ2) is 12.1. The lowest BCUT2D eigenvalue weighted by atomic mass is 10.2. The zero-order valence-corrected chi connectivity index (χ0v) is 19.1. The molecule has 1 aromatic heterocycles. The highest BCUT2D eigenvalue weighted by Gasteiger charge is 2.04. The number of aliphatic imine (C=N–C) groups is 1. The normalized spacial score (nSPS) is 11.0. The van der Waals surface area contributed by atoms with E-state index in [1.165, 1.54) is 10.4 Å². The molecule has 0 aliphatic heterocycles. The largest absolute Gasteiger partial charge is 0.493 e. The first kappa shape index (κ1) is 22.7. The smallest absolute Gasteiger partial charge is 0.191 e. The molecule has 0 aliphatic rings. The number of benzene rings is 1. The summed E-state index contributed by atoms with van der Waals surface area (Å²) in [6.45, 7) is 11.2. The highest BCUT2D eigenvalue weighted by atomic mass is 127. The van der Waals surface area contributed by atoms with E-state index in [0.717, 1.165) is 41.9 Å². The molecule has 2 rings (SSSR count). The molecule has 0 bridgehead atoms. The molecule has 0 fully saturated rings. The van der Waals surface area contributed by atoms with Gasteiger partial charge in [0.25, 0.3) is 0 Å². The first-order valence-electron chi connectivity index (χ1n) is 8.73. The predicted octanol–water partition coefficient (Wildman–Crippen LogP) is 4.21. The van der Waals surface area contributed by atoms with Gasteiger partial charge in [0.2, 0.25) is 0 Å². The monoisotopic (exact) mass is 488 g/mol. The maximum absolute atomic E-state index is 5.82. The van der Waals surface area contributed by atoms with Gasteiger partial charge in [0.05, 0.1) is 18.8 Å². The maximum atomic E-state index is 5.82. The molecule has 1 aromatic carbocycles. The lowest BCUT2D eigenvalue weighted by Gasteiger charge is -2.12. The zero-order valence-electron chi connectivity index (χ0n) is 16.0. The third-order valence-corrected chi connectivity index (χ3v) is 4.81. The van der Waals surface area contributed by atoms with E-state index in [1.807, 2.05) is 25.1 Å². The molecule has 0 spiro atoms. The van der Waals surface area contributed by atoms with Gasteiger partial charge in [0.1, 0.15) is 10.8 Å². The second-order valence-corrected chi connectivity index (χ2v) is 7.13. The van der Waals surface area contributed by atoms with Crippen LogP contribution in [0.5, 0.6) is 5.75 Å². The number of hydrogen-bond donors (Lipinski definition) is 2. The van der Waals surface area contributed by atoms with Crippen molar-refractivity contribution in [2.45, 2.75) is 40.7 Å². The van der Waals surface area contributed by atoms with Gasteiger partial charge in [-0.1, -0.05) is 18.2 Å². The van der Waals surface area contributed by atoms with E-state index >= 15 is 0 Å². The van der Waals surface area contributed by atoms with Crippen LogP contribution in [0.4, 0.5) is 0 Å².